The van der Waals surface area contributed by atoms with Crippen molar-refractivity contribution in [1.29, 1.82) is 5.26 Å². The molecule has 2 aliphatic heterocycles. The van der Waals surface area contributed by atoms with E-state index in [1.165, 1.54) is 4.90 Å². The Bertz CT molecular complexity index is 1020. The number of thioether (sulfide) groups is 1. The average molecular weight is 440 g/mol. The Morgan fingerprint density at radius 3 is 3.06 bits per heavy atom. The van der Waals surface area contributed by atoms with Crippen LogP contribution in [0.5, 0.6) is 0 Å². The van der Waals surface area contributed by atoms with E-state index in [0.717, 1.165) is 36.1 Å². The highest BCUT2D eigenvalue weighted by Gasteiger charge is 2.29. The topological polar surface area (TPSA) is 98.6 Å². The summed E-state index contributed by atoms with van der Waals surface area (Å²) in [5.74, 6) is 0.509. The van der Waals surface area contributed by atoms with Gasteiger partial charge in [0.2, 0.25) is 5.91 Å². The van der Waals surface area contributed by atoms with Crippen LogP contribution in [0.15, 0.2) is 30.5 Å². The summed E-state index contributed by atoms with van der Waals surface area (Å²) in [6.45, 7) is 4.29. The fourth-order valence-electron chi connectivity index (χ4n) is 3.83. The number of hydrogen-bond acceptors (Lipinski definition) is 7. The van der Waals surface area contributed by atoms with Crippen LogP contribution in [0.4, 0.5) is 5.69 Å². The SMILES string of the molecule is CC1CCN(c2ccc3nccc(C(=O)NCC(=O)N4CSCC4C#N)c3c2)CCO1. The van der Waals surface area contributed by atoms with E-state index in [2.05, 4.69) is 28.2 Å². The summed E-state index contributed by atoms with van der Waals surface area (Å²) in [6.07, 6.45) is 2.78. The minimum absolute atomic E-state index is 0.136. The van der Waals surface area contributed by atoms with Crippen molar-refractivity contribution < 1.29 is 14.3 Å². The van der Waals surface area contributed by atoms with Gasteiger partial charge in [-0.25, -0.2) is 0 Å². The average Bonchev–Trinajstić information content (AvgIpc) is 3.17. The number of pyridine rings is 1. The minimum Gasteiger partial charge on any atom is -0.377 e. The van der Waals surface area contributed by atoms with E-state index >= 15 is 0 Å². The predicted molar refractivity (Wildman–Crippen MR) is 120 cm³/mol. The molecule has 0 bridgehead atoms. The summed E-state index contributed by atoms with van der Waals surface area (Å²) < 4.78 is 5.74. The molecule has 2 aromatic rings. The van der Waals surface area contributed by atoms with E-state index in [0.29, 0.717) is 23.8 Å². The quantitative estimate of drug-likeness (QED) is 0.778. The zero-order valence-electron chi connectivity index (χ0n) is 17.4. The van der Waals surface area contributed by atoms with Gasteiger partial charge in [-0.1, -0.05) is 0 Å². The molecule has 1 N–H and O–H groups in total. The standard InChI is InChI=1S/C22H25N5O3S/c1-15-5-7-26(8-9-30-15)16-2-3-20-19(10-16)18(4-6-24-20)22(29)25-12-21(28)27-14-31-13-17(27)11-23/h2-4,6,10,15,17H,5,7-9,12-14H2,1H3,(H,25,29). The number of ether oxygens (including phenoxy) is 1. The summed E-state index contributed by atoms with van der Waals surface area (Å²) in [7, 11) is 0. The largest absolute Gasteiger partial charge is 0.377 e. The first-order valence-corrected chi connectivity index (χ1v) is 11.5. The maximum atomic E-state index is 12.9. The zero-order valence-corrected chi connectivity index (χ0v) is 18.2. The van der Waals surface area contributed by atoms with Gasteiger partial charge in [-0.05, 0) is 37.6 Å². The zero-order chi connectivity index (χ0) is 21.8. The molecule has 8 nitrogen and oxygen atoms in total. The Morgan fingerprint density at radius 1 is 1.35 bits per heavy atom. The second-order valence-corrected chi connectivity index (χ2v) is 8.71. The first-order chi connectivity index (χ1) is 15.1. The van der Waals surface area contributed by atoms with Crippen molar-refractivity contribution in [3.8, 4) is 6.07 Å². The van der Waals surface area contributed by atoms with Crippen molar-refractivity contribution in [2.45, 2.75) is 25.5 Å². The van der Waals surface area contributed by atoms with Crippen LogP contribution in [0.25, 0.3) is 10.9 Å². The molecule has 0 radical (unpaired) electrons. The van der Waals surface area contributed by atoms with Crippen LogP contribution in [0.1, 0.15) is 23.7 Å². The molecule has 0 spiro atoms. The molecule has 2 saturated heterocycles. The summed E-state index contributed by atoms with van der Waals surface area (Å²) in [5, 5.41) is 12.6. The van der Waals surface area contributed by atoms with Crippen LogP contribution in [-0.4, -0.2) is 71.7 Å². The molecule has 1 aromatic heterocycles. The fourth-order valence-corrected chi connectivity index (χ4v) is 4.94. The van der Waals surface area contributed by atoms with Gasteiger partial charge in [0, 0.05) is 36.1 Å². The Hall–Kier alpha value is -2.83. The number of nitrogens with one attached hydrogen (secondary N) is 1. The van der Waals surface area contributed by atoms with E-state index in [4.69, 9.17) is 10.00 Å². The molecule has 2 aliphatic rings. The number of amides is 2. The fraction of sp³-hybridized carbons (Fsp3) is 0.455. The molecule has 0 aliphatic carbocycles. The number of anilines is 1. The van der Waals surface area contributed by atoms with Gasteiger partial charge in [-0.2, -0.15) is 5.26 Å². The number of fused-ring (bicyclic) bond motifs is 1. The summed E-state index contributed by atoms with van der Waals surface area (Å²) >= 11 is 1.54. The van der Waals surface area contributed by atoms with Crippen LogP contribution in [-0.2, 0) is 9.53 Å². The van der Waals surface area contributed by atoms with E-state index in [1.54, 1.807) is 24.0 Å². The van der Waals surface area contributed by atoms with Gasteiger partial charge in [0.1, 0.15) is 6.04 Å². The van der Waals surface area contributed by atoms with Crippen molar-refractivity contribution in [2.24, 2.45) is 0 Å². The second-order valence-electron chi connectivity index (χ2n) is 7.71. The number of hydrogen-bond donors (Lipinski definition) is 1. The molecule has 0 saturated carbocycles. The minimum atomic E-state index is -0.431. The van der Waals surface area contributed by atoms with Gasteiger partial charge >= 0.3 is 0 Å². The highest BCUT2D eigenvalue weighted by molar-refractivity contribution is 7.99. The molecule has 1 aromatic carbocycles. The maximum Gasteiger partial charge on any atom is 0.252 e. The number of nitriles is 1. The first kappa shape index (κ1) is 21.4. The molecule has 2 unspecified atom stereocenters. The Morgan fingerprint density at radius 2 is 2.23 bits per heavy atom. The highest BCUT2D eigenvalue weighted by Crippen LogP contribution is 2.25. The second kappa shape index (κ2) is 9.54. The number of nitrogens with zero attached hydrogens (tertiary/aromatic N) is 4. The maximum absolute atomic E-state index is 12.9. The molecule has 31 heavy (non-hydrogen) atoms. The number of benzene rings is 1. The number of carbonyl (C=O) groups excluding carboxylic acids is 2. The smallest absolute Gasteiger partial charge is 0.252 e. The summed E-state index contributed by atoms with van der Waals surface area (Å²) in [4.78, 5) is 33.5. The van der Waals surface area contributed by atoms with Crippen LogP contribution < -0.4 is 10.2 Å². The van der Waals surface area contributed by atoms with Crippen molar-refractivity contribution in [3.63, 3.8) is 0 Å². The molecular formula is C22H25N5O3S. The van der Waals surface area contributed by atoms with E-state index in [1.807, 2.05) is 18.2 Å². The lowest BCUT2D eigenvalue weighted by molar-refractivity contribution is -0.129. The molecular weight excluding hydrogens is 414 g/mol. The van der Waals surface area contributed by atoms with Crippen LogP contribution in [0.3, 0.4) is 0 Å². The van der Waals surface area contributed by atoms with E-state index in [-0.39, 0.29) is 24.5 Å². The third kappa shape index (κ3) is 4.75. The van der Waals surface area contributed by atoms with Gasteiger partial charge in [-0.15, -0.1) is 11.8 Å². The lowest BCUT2D eigenvalue weighted by Gasteiger charge is -2.22. The van der Waals surface area contributed by atoms with Crippen LogP contribution in [0, 0.1) is 11.3 Å². The summed E-state index contributed by atoms with van der Waals surface area (Å²) in [6, 6.07) is 9.29. The van der Waals surface area contributed by atoms with E-state index in [9.17, 15) is 9.59 Å². The normalized spacial score (nSPS) is 21.5. The number of carbonyl (C=O) groups is 2. The number of rotatable bonds is 4. The molecule has 3 heterocycles. The highest BCUT2D eigenvalue weighted by atomic mass is 32.2. The van der Waals surface area contributed by atoms with Gasteiger partial charge in [0.15, 0.2) is 0 Å². The van der Waals surface area contributed by atoms with Crippen molar-refractivity contribution in [1.82, 2.24) is 15.2 Å². The molecule has 9 heteroatoms. The predicted octanol–water partition coefficient (Wildman–Crippen LogP) is 2.00. The monoisotopic (exact) mass is 439 g/mol. The molecule has 2 atom stereocenters. The number of aromatic nitrogens is 1. The Labute approximate surface area is 185 Å². The third-order valence-corrected chi connectivity index (χ3v) is 6.67. The molecule has 4 rings (SSSR count). The van der Waals surface area contributed by atoms with Gasteiger partial charge in [-0.3, -0.25) is 14.6 Å². The van der Waals surface area contributed by atoms with Crippen molar-refractivity contribution in [2.75, 3.05) is 42.8 Å². The van der Waals surface area contributed by atoms with Crippen LogP contribution >= 0.6 is 11.8 Å². The molecule has 2 fully saturated rings. The van der Waals surface area contributed by atoms with E-state index < -0.39 is 6.04 Å². The van der Waals surface area contributed by atoms with Gasteiger partial charge in [0.05, 0.1) is 42.3 Å². The summed E-state index contributed by atoms with van der Waals surface area (Å²) in [5.41, 5.74) is 2.23. The van der Waals surface area contributed by atoms with Crippen molar-refractivity contribution in [3.05, 3.63) is 36.0 Å². The Balaban J connectivity index is 1.51. The van der Waals surface area contributed by atoms with Crippen molar-refractivity contribution >= 4 is 40.2 Å². The molecule has 2 amide bonds. The molecule has 162 valence electrons. The van der Waals surface area contributed by atoms with Gasteiger partial charge in [0.25, 0.3) is 5.91 Å². The van der Waals surface area contributed by atoms with Crippen LogP contribution in [0.2, 0.25) is 0 Å². The first-order valence-electron chi connectivity index (χ1n) is 10.4. The third-order valence-electron chi connectivity index (χ3n) is 5.66. The Kier molecular flexibility index (Phi) is 6.59. The lowest BCUT2D eigenvalue weighted by Crippen LogP contribution is -2.42. The van der Waals surface area contributed by atoms with Gasteiger partial charge < -0.3 is 19.9 Å². The lowest BCUT2D eigenvalue weighted by atomic mass is 10.1.